The largest absolute Gasteiger partial charge is 0.308 e. The lowest BCUT2D eigenvalue weighted by Crippen LogP contribution is -2.09. The van der Waals surface area contributed by atoms with Gasteiger partial charge in [0.2, 0.25) is 0 Å². The fraction of sp³-hybridized carbons (Fsp3) is 0.0556. The van der Waals surface area contributed by atoms with E-state index in [4.69, 9.17) is 0 Å². The topological polar surface area (TPSA) is 4.93 Å². The molecule has 2 atom stereocenters. The van der Waals surface area contributed by atoms with Crippen LogP contribution in [-0.2, 0) is 0 Å². The fourth-order valence-electron chi connectivity index (χ4n) is 6.63. The van der Waals surface area contributed by atoms with E-state index in [1.165, 1.54) is 69.3 Å². The van der Waals surface area contributed by atoms with Gasteiger partial charge in [0.1, 0.15) is 0 Å². The average molecular weight is 534 g/mol. The monoisotopic (exact) mass is 533 g/mol. The minimum absolute atomic E-state index is 0.410. The highest BCUT2D eigenvalue weighted by Gasteiger charge is 2.33. The number of hydrogen-bond acceptors (Lipinski definition) is 2. The summed E-state index contributed by atoms with van der Waals surface area (Å²) in [6.07, 6.45) is 7.35. The van der Waals surface area contributed by atoms with Gasteiger partial charge in [-0.1, -0.05) is 91.0 Å². The molecule has 0 fully saturated rings. The smallest absolute Gasteiger partial charge is 0.0720 e. The minimum atomic E-state index is 0.410. The lowest BCUT2D eigenvalue weighted by atomic mass is 9.86. The highest BCUT2D eigenvalue weighted by Crippen LogP contribution is 2.52. The van der Waals surface area contributed by atoms with Gasteiger partial charge in [0.25, 0.3) is 0 Å². The van der Waals surface area contributed by atoms with Crippen molar-refractivity contribution in [2.24, 2.45) is 0 Å². The third-order valence-electron chi connectivity index (χ3n) is 8.33. The van der Waals surface area contributed by atoms with Crippen LogP contribution in [0.3, 0.4) is 0 Å². The maximum atomic E-state index is 2.53. The van der Waals surface area contributed by atoms with Crippen LogP contribution in [0.2, 0.25) is 0 Å². The molecule has 0 saturated carbocycles. The van der Waals surface area contributed by atoms with E-state index in [0.29, 0.717) is 11.2 Å². The molecule has 3 heteroatoms. The Morgan fingerprint density at radius 3 is 2.38 bits per heavy atom. The van der Waals surface area contributed by atoms with Crippen LogP contribution in [0, 0.1) is 0 Å². The van der Waals surface area contributed by atoms with Crippen molar-refractivity contribution in [3.8, 4) is 5.69 Å². The normalized spacial score (nSPS) is 18.2. The number of para-hydroxylation sites is 2. The van der Waals surface area contributed by atoms with Gasteiger partial charge in [0, 0.05) is 48.0 Å². The Labute approximate surface area is 234 Å². The van der Waals surface area contributed by atoms with Gasteiger partial charge >= 0.3 is 0 Å². The Bertz CT molecular complexity index is 2160. The van der Waals surface area contributed by atoms with Crippen LogP contribution in [0.1, 0.15) is 17.0 Å². The fourth-order valence-corrected chi connectivity index (χ4v) is 9.22. The maximum Gasteiger partial charge on any atom is 0.0720 e. The molecule has 2 aliphatic rings. The Kier molecular flexibility index (Phi) is 4.60. The molecule has 39 heavy (non-hydrogen) atoms. The number of allylic oxidation sites excluding steroid dienone is 3. The van der Waals surface area contributed by atoms with E-state index in [1.807, 2.05) is 23.1 Å². The van der Waals surface area contributed by atoms with Crippen molar-refractivity contribution < 1.29 is 0 Å². The van der Waals surface area contributed by atoms with Crippen LogP contribution in [0.4, 0.5) is 0 Å². The van der Waals surface area contributed by atoms with E-state index in [2.05, 4.69) is 132 Å². The molecule has 184 valence electrons. The number of thiophene rings is 1. The molecule has 3 heterocycles. The summed E-state index contributed by atoms with van der Waals surface area (Å²) in [6.45, 7) is 0. The zero-order chi connectivity index (χ0) is 25.5. The van der Waals surface area contributed by atoms with E-state index in [9.17, 15) is 0 Å². The summed E-state index contributed by atoms with van der Waals surface area (Å²) in [7, 11) is 0. The summed E-state index contributed by atoms with van der Waals surface area (Å²) in [4.78, 5) is 1.42. The quantitative estimate of drug-likeness (QED) is 0.214. The predicted octanol–water partition coefficient (Wildman–Crippen LogP) is 10.4. The van der Waals surface area contributed by atoms with Crippen molar-refractivity contribution in [3.05, 3.63) is 139 Å². The molecule has 7 aromatic rings. The molecule has 2 aromatic heterocycles. The summed E-state index contributed by atoms with van der Waals surface area (Å²) in [6, 6.07) is 40.0. The minimum Gasteiger partial charge on any atom is -0.308 e. The van der Waals surface area contributed by atoms with Crippen LogP contribution in [0.15, 0.2) is 132 Å². The Balaban J connectivity index is 1.42. The van der Waals surface area contributed by atoms with E-state index < -0.39 is 0 Å². The molecule has 0 spiro atoms. The molecule has 1 aliphatic heterocycles. The van der Waals surface area contributed by atoms with Gasteiger partial charge in [0.05, 0.1) is 15.7 Å². The summed E-state index contributed by atoms with van der Waals surface area (Å²) in [5.74, 6) is 0.410. The van der Waals surface area contributed by atoms with Crippen molar-refractivity contribution in [2.75, 3.05) is 0 Å². The van der Waals surface area contributed by atoms with E-state index >= 15 is 0 Å². The number of hydrogen-bond donors (Lipinski definition) is 0. The highest BCUT2D eigenvalue weighted by atomic mass is 32.2. The zero-order valence-electron chi connectivity index (χ0n) is 21.0. The SMILES string of the molecule is C1=CC2Sc3ccccc3C2C=C1c1cc2c3ccccc3n(-c3ccccc3)c2c2sc3ccccc3c12. The van der Waals surface area contributed by atoms with Crippen molar-refractivity contribution in [1.82, 2.24) is 4.57 Å². The summed E-state index contributed by atoms with van der Waals surface area (Å²) in [5.41, 5.74) is 7.90. The highest BCUT2D eigenvalue weighted by molar-refractivity contribution is 8.00. The first kappa shape index (κ1) is 21.8. The molecular weight excluding hydrogens is 511 g/mol. The van der Waals surface area contributed by atoms with Gasteiger partial charge in [-0.25, -0.2) is 0 Å². The van der Waals surface area contributed by atoms with Gasteiger partial charge in [-0.2, -0.15) is 0 Å². The van der Waals surface area contributed by atoms with Crippen LogP contribution in [-0.4, -0.2) is 9.82 Å². The van der Waals surface area contributed by atoms with Gasteiger partial charge in [-0.3, -0.25) is 0 Å². The van der Waals surface area contributed by atoms with Crippen molar-refractivity contribution in [2.45, 2.75) is 16.1 Å². The standard InChI is InChI=1S/C36H23NS2/c1-2-10-23(11-3-1)37-30-15-7-4-12-24(30)29-21-27(34-26-14-6-9-17-32(26)39-36(34)35(29)37)22-18-19-33-28(20-22)25-13-5-8-16-31(25)38-33/h1-21,28,33H. The molecule has 0 N–H and O–H groups in total. The Morgan fingerprint density at radius 1 is 0.692 bits per heavy atom. The van der Waals surface area contributed by atoms with Gasteiger partial charge in [-0.15, -0.1) is 23.1 Å². The molecule has 0 amide bonds. The molecule has 0 saturated heterocycles. The van der Waals surface area contributed by atoms with Gasteiger partial charge in [-0.05, 0) is 53.1 Å². The van der Waals surface area contributed by atoms with Crippen LogP contribution in [0.25, 0.3) is 53.2 Å². The van der Waals surface area contributed by atoms with Crippen molar-refractivity contribution >= 4 is 70.6 Å². The van der Waals surface area contributed by atoms with Crippen molar-refractivity contribution in [3.63, 3.8) is 0 Å². The molecule has 5 aromatic carbocycles. The third kappa shape index (κ3) is 3.09. The molecule has 2 unspecified atom stereocenters. The molecule has 1 nitrogen and oxygen atoms in total. The lowest BCUT2D eigenvalue weighted by Gasteiger charge is -2.20. The number of benzene rings is 5. The number of aromatic nitrogens is 1. The van der Waals surface area contributed by atoms with Crippen LogP contribution < -0.4 is 0 Å². The molecule has 0 bridgehead atoms. The van der Waals surface area contributed by atoms with Crippen LogP contribution >= 0.6 is 23.1 Å². The first-order chi connectivity index (χ1) is 19.3. The second-order valence-electron chi connectivity index (χ2n) is 10.4. The molecule has 9 rings (SSSR count). The average Bonchev–Trinajstić information content (AvgIpc) is 3.66. The second kappa shape index (κ2) is 8.22. The first-order valence-corrected chi connectivity index (χ1v) is 15.1. The van der Waals surface area contributed by atoms with Gasteiger partial charge in [0.15, 0.2) is 0 Å². The summed E-state index contributed by atoms with van der Waals surface area (Å²) in [5, 5.41) is 5.82. The molecule has 1 aliphatic carbocycles. The summed E-state index contributed by atoms with van der Waals surface area (Å²) < 4.78 is 5.17. The Morgan fingerprint density at radius 2 is 1.46 bits per heavy atom. The van der Waals surface area contributed by atoms with E-state index in [1.54, 1.807) is 0 Å². The number of rotatable bonds is 2. The van der Waals surface area contributed by atoms with E-state index in [-0.39, 0.29) is 0 Å². The lowest BCUT2D eigenvalue weighted by molar-refractivity contribution is 0.884. The maximum absolute atomic E-state index is 2.53. The predicted molar refractivity (Wildman–Crippen MR) is 170 cm³/mol. The molecule has 0 radical (unpaired) electrons. The molecular formula is C36H23NS2. The van der Waals surface area contributed by atoms with Gasteiger partial charge < -0.3 is 4.57 Å². The number of fused-ring (bicyclic) bond motifs is 10. The number of nitrogens with zero attached hydrogens (tertiary/aromatic N) is 1. The summed E-state index contributed by atoms with van der Waals surface area (Å²) >= 11 is 3.92. The van der Waals surface area contributed by atoms with E-state index in [0.717, 1.165) is 0 Å². The number of thioether (sulfide) groups is 1. The second-order valence-corrected chi connectivity index (χ2v) is 12.7. The Hall–Kier alpha value is -4.05. The first-order valence-electron chi connectivity index (χ1n) is 13.4. The van der Waals surface area contributed by atoms with Crippen molar-refractivity contribution in [1.29, 1.82) is 0 Å². The van der Waals surface area contributed by atoms with Crippen LogP contribution in [0.5, 0.6) is 0 Å². The zero-order valence-corrected chi connectivity index (χ0v) is 22.7. The third-order valence-corrected chi connectivity index (χ3v) is 10.9.